The third-order valence-electron chi connectivity index (χ3n) is 6.46. The number of hydrogen-bond donors (Lipinski definition) is 2. The summed E-state index contributed by atoms with van der Waals surface area (Å²) in [5.41, 5.74) is 8.68. The molecule has 0 aliphatic carbocycles. The molecule has 0 aromatic heterocycles. The van der Waals surface area contributed by atoms with Crippen molar-refractivity contribution in [2.75, 3.05) is 19.7 Å². The Hall–Kier alpha value is -3.56. The largest absolute Gasteiger partial charge is 0.449 e. The van der Waals surface area contributed by atoms with E-state index in [4.69, 9.17) is 15.2 Å². The van der Waals surface area contributed by atoms with Crippen molar-refractivity contribution in [2.45, 2.75) is 51.4 Å². The summed E-state index contributed by atoms with van der Waals surface area (Å²) in [6.07, 6.45) is 4.02. The first kappa shape index (κ1) is 23.6. The number of alkyl carbamates (subject to hydrolysis) is 1. The number of amides is 4. The van der Waals surface area contributed by atoms with Gasteiger partial charge in [0, 0.05) is 13.0 Å². The molecule has 1 fully saturated rings. The number of ether oxygens (including phenoxy) is 2. The minimum atomic E-state index is -0.912. The Morgan fingerprint density at radius 2 is 2.03 bits per heavy atom. The molecule has 0 radical (unpaired) electrons. The Balaban J connectivity index is 1.53. The Kier molecular flexibility index (Phi) is 7.04. The van der Waals surface area contributed by atoms with Crippen LogP contribution in [0.1, 0.15) is 42.9 Å². The molecule has 4 amide bonds. The van der Waals surface area contributed by atoms with Crippen LogP contribution in [0.2, 0.25) is 0 Å². The third-order valence-corrected chi connectivity index (χ3v) is 6.46. The first-order valence-electron chi connectivity index (χ1n) is 11.5. The number of benzene rings is 1. The second kappa shape index (κ2) is 10.1. The van der Waals surface area contributed by atoms with Crippen molar-refractivity contribution in [1.29, 1.82) is 0 Å². The molecule has 1 aromatic rings. The quantitative estimate of drug-likeness (QED) is 0.643. The van der Waals surface area contributed by atoms with Gasteiger partial charge in [-0.25, -0.2) is 9.59 Å². The van der Waals surface area contributed by atoms with Crippen LogP contribution in [0.15, 0.2) is 24.3 Å². The van der Waals surface area contributed by atoms with Gasteiger partial charge in [-0.15, -0.1) is 0 Å². The van der Waals surface area contributed by atoms with Crippen LogP contribution in [0.4, 0.5) is 9.59 Å². The van der Waals surface area contributed by atoms with Gasteiger partial charge in [-0.2, -0.15) is 0 Å². The fourth-order valence-corrected chi connectivity index (χ4v) is 4.57. The summed E-state index contributed by atoms with van der Waals surface area (Å²) in [6.45, 7) is 2.77. The Morgan fingerprint density at radius 3 is 2.82 bits per heavy atom. The number of rotatable bonds is 1. The maximum absolute atomic E-state index is 12.9. The zero-order valence-electron chi connectivity index (χ0n) is 19.2. The molecule has 10 heteroatoms. The van der Waals surface area contributed by atoms with Gasteiger partial charge < -0.3 is 25.4 Å². The standard InChI is InChI=1S/C24H30N4O6/c1-15-5-2-3-6-16-7-4-8-17-11-27(13-19(16)17)24(32)34-18-9-20(22(25)30)28(12-18)21(29)10-26-23(31)33-14-15/h3-4,6-8,15,18,20H,2,5,9-14H2,1H3,(H2,25,30)(H,26,31)/b6-3+/t15-,18-,20+/m1/s1. The average molecular weight is 471 g/mol. The molecule has 10 nitrogen and oxygen atoms in total. The van der Waals surface area contributed by atoms with Crippen LogP contribution in [0.3, 0.4) is 0 Å². The molecule has 3 N–H and O–H groups in total. The number of nitrogens with zero attached hydrogens (tertiary/aromatic N) is 2. The maximum Gasteiger partial charge on any atom is 0.410 e. The van der Waals surface area contributed by atoms with Crippen molar-refractivity contribution >= 4 is 30.1 Å². The van der Waals surface area contributed by atoms with Crippen LogP contribution in [-0.4, -0.2) is 65.6 Å². The number of allylic oxidation sites excluding steroid dienone is 1. The molecular formula is C24H30N4O6. The van der Waals surface area contributed by atoms with Crippen LogP contribution in [0.5, 0.6) is 0 Å². The molecule has 34 heavy (non-hydrogen) atoms. The van der Waals surface area contributed by atoms with Gasteiger partial charge in [-0.05, 0) is 35.4 Å². The summed E-state index contributed by atoms with van der Waals surface area (Å²) >= 11 is 0. The normalized spacial score (nSPS) is 27.0. The minimum absolute atomic E-state index is 0.0285. The van der Waals surface area contributed by atoms with E-state index < -0.39 is 36.1 Å². The zero-order chi connectivity index (χ0) is 24.2. The van der Waals surface area contributed by atoms with E-state index >= 15 is 0 Å². The molecule has 3 aliphatic heterocycles. The predicted octanol–water partition coefficient (Wildman–Crippen LogP) is 1.76. The van der Waals surface area contributed by atoms with Crippen LogP contribution < -0.4 is 11.1 Å². The zero-order valence-corrected chi connectivity index (χ0v) is 19.2. The molecule has 4 rings (SSSR count). The van der Waals surface area contributed by atoms with Gasteiger partial charge in [0.05, 0.1) is 19.7 Å². The predicted molar refractivity (Wildman–Crippen MR) is 122 cm³/mol. The number of hydrogen-bond acceptors (Lipinski definition) is 6. The van der Waals surface area contributed by atoms with Gasteiger partial charge in [0.1, 0.15) is 18.7 Å². The smallest absolute Gasteiger partial charge is 0.410 e. The monoisotopic (exact) mass is 470 g/mol. The molecule has 0 saturated carbocycles. The lowest BCUT2D eigenvalue weighted by Crippen LogP contribution is -2.47. The molecule has 1 aromatic carbocycles. The van der Waals surface area contributed by atoms with Gasteiger partial charge >= 0.3 is 12.2 Å². The number of cyclic esters (lactones) is 1. The lowest BCUT2D eigenvalue weighted by Gasteiger charge is -2.22. The summed E-state index contributed by atoms with van der Waals surface area (Å²) in [7, 11) is 0. The highest BCUT2D eigenvalue weighted by atomic mass is 16.6. The summed E-state index contributed by atoms with van der Waals surface area (Å²) in [4.78, 5) is 52.4. The Morgan fingerprint density at radius 1 is 1.21 bits per heavy atom. The van der Waals surface area contributed by atoms with E-state index in [1.165, 1.54) is 4.90 Å². The van der Waals surface area contributed by atoms with Crippen LogP contribution >= 0.6 is 0 Å². The molecular weight excluding hydrogens is 440 g/mol. The second-order valence-electron chi connectivity index (χ2n) is 9.08. The molecule has 0 unspecified atom stereocenters. The molecule has 1 saturated heterocycles. The highest BCUT2D eigenvalue weighted by Crippen LogP contribution is 2.29. The van der Waals surface area contributed by atoms with Crippen molar-refractivity contribution in [3.8, 4) is 0 Å². The van der Waals surface area contributed by atoms with Crippen molar-refractivity contribution in [3.63, 3.8) is 0 Å². The molecule has 0 spiro atoms. The fraction of sp³-hybridized carbons (Fsp3) is 0.500. The number of nitrogens with one attached hydrogen (secondary N) is 1. The van der Waals surface area contributed by atoms with Gasteiger partial charge in [0.2, 0.25) is 11.8 Å². The summed E-state index contributed by atoms with van der Waals surface area (Å²) < 4.78 is 10.9. The second-order valence-corrected chi connectivity index (χ2v) is 9.08. The van der Waals surface area contributed by atoms with E-state index in [1.54, 1.807) is 4.90 Å². The molecule has 3 atom stereocenters. The number of primary amides is 1. The maximum atomic E-state index is 12.9. The van der Waals surface area contributed by atoms with Crippen molar-refractivity contribution < 1.29 is 28.7 Å². The summed E-state index contributed by atoms with van der Waals surface area (Å²) in [5.74, 6) is -1.04. The first-order chi connectivity index (χ1) is 16.3. The van der Waals surface area contributed by atoms with Crippen LogP contribution in [0, 0.1) is 5.92 Å². The van der Waals surface area contributed by atoms with E-state index in [9.17, 15) is 19.2 Å². The van der Waals surface area contributed by atoms with Gasteiger partial charge in [0.15, 0.2) is 0 Å². The van der Waals surface area contributed by atoms with Crippen molar-refractivity contribution in [2.24, 2.45) is 11.7 Å². The number of fused-ring (bicyclic) bond motifs is 3. The molecule has 3 heterocycles. The number of nitrogens with two attached hydrogens (primary N) is 1. The lowest BCUT2D eigenvalue weighted by molar-refractivity contribution is -0.136. The highest BCUT2D eigenvalue weighted by molar-refractivity contribution is 5.89. The molecule has 4 bridgehead atoms. The van der Waals surface area contributed by atoms with Crippen molar-refractivity contribution in [1.82, 2.24) is 15.1 Å². The lowest BCUT2D eigenvalue weighted by atomic mass is 10.0. The average Bonchev–Trinajstić information content (AvgIpc) is 3.43. The highest BCUT2D eigenvalue weighted by Gasteiger charge is 2.41. The van der Waals surface area contributed by atoms with Crippen molar-refractivity contribution in [3.05, 3.63) is 41.0 Å². The van der Waals surface area contributed by atoms with Gasteiger partial charge in [-0.1, -0.05) is 37.3 Å². The number of carbonyl (C=O) groups excluding carboxylic acids is 4. The van der Waals surface area contributed by atoms with E-state index in [0.717, 1.165) is 29.5 Å². The van der Waals surface area contributed by atoms with Crippen LogP contribution in [0.25, 0.3) is 6.08 Å². The van der Waals surface area contributed by atoms with E-state index in [1.807, 2.05) is 25.1 Å². The van der Waals surface area contributed by atoms with Gasteiger partial charge in [0.25, 0.3) is 0 Å². The van der Waals surface area contributed by atoms with E-state index in [-0.39, 0.29) is 32.0 Å². The molecule has 3 aliphatic rings. The minimum Gasteiger partial charge on any atom is -0.449 e. The third kappa shape index (κ3) is 5.32. The van der Waals surface area contributed by atoms with E-state index in [0.29, 0.717) is 13.1 Å². The van der Waals surface area contributed by atoms with Gasteiger partial charge in [-0.3, -0.25) is 14.5 Å². The molecule has 182 valence electrons. The number of carbonyl (C=O) groups is 4. The fourth-order valence-electron chi connectivity index (χ4n) is 4.57. The first-order valence-corrected chi connectivity index (χ1v) is 11.5. The Labute approximate surface area is 198 Å². The van der Waals surface area contributed by atoms with Crippen LogP contribution in [-0.2, 0) is 32.2 Å². The topological polar surface area (TPSA) is 131 Å². The van der Waals surface area contributed by atoms with E-state index in [2.05, 4.69) is 17.5 Å². The summed E-state index contributed by atoms with van der Waals surface area (Å²) in [5, 5.41) is 2.42. The summed E-state index contributed by atoms with van der Waals surface area (Å²) in [6, 6.07) is 5.07. The SMILES string of the molecule is C[C@@H]1CC/C=C/c2cccc3c2CN(C3)C(=O)O[C@@H]2C[C@@H](C(N)=O)N(C2)C(=O)CNC(=O)OC1. The Bertz CT molecular complexity index is 1010.